The fourth-order valence-electron chi connectivity index (χ4n) is 1.79. The fourth-order valence-corrected chi connectivity index (χ4v) is 2.37. The molecule has 1 rings (SSSR count). The van der Waals surface area contributed by atoms with E-state index >= 15 is 0 Å². The summed E-state index contributed by atoms with van der Waals surface area (Å²) in [5.74, 6) is 1.25. The average molecular weight is 197 g/mol. The second kappa shape index (κ2) is 4.75. The Morgan fingerprint density at radius 2 is 1.85 bits per heavy atom. The summed E-state index contributed by atoms with van der Waals surface area (Å²) < 4.78 is 2.43. The molecule has 0 aliphatic rings. The van der Waals surface area contributed by atoms with E-state index in [2.05, 4.69) is 43.7 Å². The molecule has 0 saturated heterocycles. The number of rotatable bonds is 4. The van der Waals surface area contributed by atoms with Crippen LogP contribution in [0.1, 0.15) is 30.8 Å². The van der Waals surface area contributed by atoms with Crippen LogP contribution < -0.4 is 0 Å². The van der Waals surface area contributed by atoms with Gasteiger partial charge >= 0.3 is 0 Å². The third kappa shape index (κ3) is 2.53. The molecule has 1 unspecified atom stereocenters. The second-order valence-electron chi connectivity index (χ2n) is 3.62. The summed E-state index contributed by atoms with van der Waals surface area (Å²) >= 11 is 1.93. The molecule has 0 spiro atoms. The van der Waals surface area contributed by atoms with Gasteiger partial charge in [0.1, 0.15) is 0 Å². The van der Waals surface area contributed by atoms with Gasteiger partial charge in [0.15, 0.2) is 0 Å². The van der Waals surface area contributed by atoms with E-state index in [4.69, 9.17) is 0 Å². The van der Waals surface area contributed by atoms with Gasteiger partial charge in [-0.15, -0.1) is 0 Å². The third-order valence-electron chi connectivity index (χ3n) is 2.51. The monoisotopic (exact) mass is 197 g/mol. The Balaban J connectivity index is 2.69. The summed E-state index contributed by atoms with van der Waals surface area (Å²) in [6, 6.07) is 5.04. The van der Waals surface area contributed by atoms with Crippen molar-refractivity contribution >= 4 is 11.8 Å². The first-order valence-corrected chi connectivity index (χ1v) is 6.19. The summed E-state index contributed by atoms with van der Waals surface area (Å²) in [5.41, 5.74) is 2.76. The van der Waals surface area contributed by atoms with Crippen LogP contribution in [0, 0.1) is 13.8 Å². The molecule has 1 nitrogen and oxygen atoms in total. The Bertz CT molecular complexity index is 246. The zero-order chi connectivity index (χ0) is 9.84. The first-order valence-electron chi connectivity index (χ1n) is 4.80. The number of aryl methyl sites for hydroxylation is 2. The van der Waals surface area contributed by atoms with E-state index in [1.807, 2.05) is 11.8 Å². The molecular weight excluding hydrogens is 178 g/mol. The molecule has 0 amide bonds. The van der Waals surface area contributed by atoms with Gasteiger partial charge in [0.2, 0.25) is 0 Å². The molecule has 2 heteroatoms. The Labute approximate surface area is 85.5 Å². The van der Waals surface area contributed by atoms with Crippen molar-refractivity contribution in [2.45, 2.75) is 33.2 Å². The topological polar surface area (TPSA) is 4.93 Å². The highest BCUT2D eigenvalue weighted by atomic mass is 32.2. The lowest BCUT2D eigenvalue weighted by molar-refractivity contribution is 0.515. The van der Waals surface area contributed by atoms with Crippen molar-refractivity contribution < 1.29 is 0 Å². The molecule has 13 heavy (non-hydrogen) atoms. The average Bonchev–Trinajstić information content (AvgIpc) is 2.42. The molecule has 0 bridgehead atoms. The van der Waals surface area contributed by atoms with Gasteiger partial charge < -0.3 is 4.57 Å². The van der Waals surface area contributed by atoms with Gasteiger partial charge in [-0.2, -0.15) is 11.8 Å². The van der Waals surface area contributed by atoms with E-state index in [0.717, 1.165) is 0 Å². The van der Waals surface area contributed by atoms with Crippen molar-refractivity contribution in [2.24, 2.45) is 0 Å². The van der Waals surface area contributed by atoms with Gasteiger partial charge in [-0.1, -0.05) is 0 Å². The SMILES string of the molecule is CSCCC(C)n1c(C)ccc1C. The first kappa shape index (κ1) is 10.7. The van der Waals surface area contributed by atoms with Crippen LogP contribution in [0.5, 0.6) is 0 Å². The fraction of sp³-hybridized carbons (Fsp3) is 0.636. The number of hydrogen-bond donors (Lipinski definition) is 0. The molecule has 1 aromatic heterocycles. The summed E-state index contributed by atoms with van der Waals surface area (Å²) in [7, 11) is 0. The second-order valence-corrected chi connectivity index (χ2v) is 4.60. The lowest BCUT2D eigenvalue weighted by Gasteiger charge is -2.17. The Morgan fingerprint density at radius 3 is 2.31 bits per heavy atom. The van der Waals surface area contributed by atoms with Crippen LogP contribution in [0.15, 0.2) is 12.1 Å². The normalized spacial score (nSPS) is 13.2. The van der Waals surface area contributed by atoms with Crippen molar-refractivity contribution in [3.8, 4) is 0 Å². The molecular formula is C11H19NS. The molecule has 0 radical (unpaired) electrons. The predicted molar refractivity (Wildman–Crippen MR) is 61.6 cm³/mol. The quantitative estimate of drug-likeness (QED) is 0.716. The standard InChI is InChI=1S/C11H19NS/c1-9-5-6-10(2)12(9)11(3)7-8-13-4/h5-6,11H,7-8H2,1-4H3. The van der Waals surface area contributed by atoms with Crippen LogP contribution in [-0.2, 0) is 0 Å². The molecule has 1 heterocycles. The smallest absolute Gasteiger partial charge is 0.0315 e. The van der Waals surface area contributed by atoms with E-state index in [-0.39, 0.29) is 0 Å². The number of hydrogen-bond acceptors (Lipinski definition) is 1. The van der Waals surface area contributed by atoms with E-state index in [1.165, 1.54) is 23.6 Å². The van der Waals surface area contributed by atoms with E-state index < -0.39 is 0 Å². The van der Waals surface area contributed by atoms with Crippen LogP contribution >= 0.6 is 11.8 Å². The lowest BCUT2D eigenvalue weighted by Crippen LogP contribution is -2.09. The summed E-state index contributed by atoms with van der Waals surface area (Å²) in [6.07, 6.45) is 3.43. The van der Waals surface area contributed by atoms with Gasteiger partial charge in [0.25, 0.3) is 0 Å². The van der Waals surface area contributed by atoms with Gasteiger partial charge in [0.05, 0.1) is 0 Å². The Hall–Kier alpha value is -0.370. The van der Waals surface area contributed by atoms with Crippen LogP contribution in [0.2, 0.25) is 0 Å². The van der Waals surface area contributed by atoms with Crippen LogP contribution in [-0.4, -0.2) is 16.6 Å². The maximum atomic E-state index is 2.43. The van der Waals surface area contributed by atoms with E-state index in [9.17, 15) is 0 Å². The zero-order valence-corrected chi connectivity index (χ0v) is 9.82. The summed E-state index contributed by atoms with van der Waals surface area (Å²) in [6.45, 7) is 6.67. The lowest BCUT2D eigenvalue weighted by atomic mass is 10.2. The van der Waals surface area contributed by atoms with Gasteiger partial charge in [-0.05, 0) is 51.3 Å². The van der Waals surface area contributed by atoms with Crippen molar-refractivity contribution in [3.63, 3.8) is 0 Å². The molecule has 1 atom stereocenters. The van der Waals surface area contributed by atoms with Crippen molar-refractivity contribution in [3.05, 3.63) is 23.5 Å². The number of nitrogens with zero attached hydrogens (tertiary/aromatic N) is 1. The largest absolute Gasteiger partial charge is 0.346 e. The minimum Gasteiger partial charge on any atom is -0.346 e. The van der Waals surface area contributed by atoms with Crippen LogP contribution in [0.25, 0.3) is 0 Å². The molecule has 0 aliphatic heterocycles. The van der Waals surface area contributed by atoms with E-state index in [1.54, 1.807) is 0 Å². The molecule has 0 aliphatic carbocycles. The Kier molecular flexibility index (Phi) is 3.91. The number of thioether (sulfide) groups is 1. The number of aromatic nitrogens is 1. The molecule has 1 aromatic rings. The van der Waals surface area contributed by atoms with Gasteiger partial charge in [0, 0.05) is 17.4 Å². The highest BCUT2D eigenvalue weighted by molar-refractivity contribution is 7.98. The third-order valence-corrected chi connectivity index (χ3v) is 3.15. The van der Waals surface area contributed by atoms with Gasteiger partial charge in [-0.25, -0.2) is 0 Å². The molecule has 0 N–H and O–H groups in total. The maximum Gasteiger partial charge on any atom is 0.0315 e. The molecule has 74 valence electrons. The van der Waals surface area contributed by atoms with Crippen molar-refractivity contribution in [1.82, 2.24) is 4.57 Å². The predicted octanol–water partition coefficient (Wildman–Crippen LogP) is 3.42. The minimum absolute atomic E-state index is 0.641. The zero-order valence-electron chi connectivity index (χ0n) is 9.00. The van der Waals surface area contributed by atoms with Crippen molar-refractivity contribution in [1.29, 1.82) is 0 Å². The van der Waals surface area contributed by atoms with Crippen molar-refractivity contribution in [2.75, 3.05) is 12.0 Å². The maximum absolute atomic E-state index is 2.43. The highest BCUT2D eigenvalue weighted by Crippen LogP contribution is 2.19. The molecule has 0 saturated carbocycles. The molecule has 0 fully saturated rings. The first-order chi connectivity index (χ1) is 6.16. The van der Waals surface area contributed by atoms with Crippen LogP contribution in [0.4, 0.5) is 0 Å². The summed E-state index contributed by atoms with van der Waals surface area (Å²) in [5, 5.41) is 0. The van der Waals surface area contributed by atoms with E-state index in [0.29, 0.717) is 6.04 Å². The Morgan fingerprint density at radius 1 is 1.31 bits per heavy atom. The highest BCUT2D eigenvalue weighted by Gasteiger charge is 2.08. The van der Waals surface area contributed by atoms with Gasteiger partial charge in [-0.3, -0.25) is 0 Å². The molecule has 0 aromatic carbocycles. The van der Waals surface area contributed by atoms with Crippen LogP contribution in [0.3, 0.4) is 0 Å². The minimum atomic E-state index is 0.641. The summed E-state index contributed by atoms with van der Waals surface area (Å²) in [4.78, 5) is 0.